The third-order valence-electron chi connectivity index (χ3n) is 3.86. The number of rotatable bonds is 9. The highest BCUT2D eigenvalue weighted by Crippen LogP contribution is 2.18. The largest absolute Gasteiger partial charge is 0.326 e. The predicted octanol–water partition coefficient (Wildman–Crippen LogP) is 2.41. The van der Waals surface area contributed by atoms with Gasteiger partial charge in [-0.3, -0.25) is 0 Å². The van der Waals surface area contributed by atoms with Crippen molar-refractivity contribution in [2.24, 2.45) is 11.1 Å². The second-order valence-corrected chi connectivity index (χ2v) is 6.25. The van der Waals surface area contributed by atoms with E-state index in [1.807, 2.05) is 0 Å². The van der Waals surface area contributed by atoms with Crippen LogP contribution >= 0.6 is 0 Å². The molecule has 0 amide bonds. The molecule has 1 atom stereocenters. The van der Waals surface area contributed by atoms with E-state index in [9.17, 15) is 0 Å². The van der Waals surface area contributed by atoms with Crippen LogP contribution in [0.4, 0.5) is 0 Å². The monoisotopic (exact) mass is 257 g/mol. The van der Waals surface area contributed by atoms with Gasteiger partial charge in [-0.1, -0.05) is 41.5 Å². The molecule has 0 aliphatic rings. The van der Waals surface area contributed by atoms with Crippen LogP contribution in [0.2, 0.25) is 0 Å². The highest BCUT2D eigenvalue weighted by Gasteiger charge is 2.22. The fourth-order valence-electron chi connectivity index (χ4n) is 1.99. The second-order valence-electron chi connectivity index (χ2n) is 6.25. The Labute approximate surface area is 115 Å². The van der Waals surface area contributed by atoms with Crippen molar-refractivity contribution in [3.63, 3.8) is 0 Å². The van der Waals surface area contributed by atoms with Crippen LogP contribution in [0, 0.1) is 5.41 Å². The fourth-order valence-corrected chi connectivity index (χ4v) is 1.99. The van der Waals surface area contributed by atoms with E-state index < -0.39 is 0 Å². The minimum Gasteiger partial charge on any atom is -0.326 e. The normalized spacial score (nSPS) is 14.5. The Morgan fingerprint density at radius 2 is 1.33 bits per heavy atom. The number of hydrogen-bond donors (Lipinski definition) is 1. The van der Waals surface area contributed by atoms with Gasteiger partial charge < -0.3 is 15.5 Å². The Balaban J connectivity index is 3.97. The van der Waals surface area contributed by atoms with Crippen LogP contribution in [0.1, 0.15) is 48.0 Å². The molecule has 18 heavy (non-hydrogen) atoms. The Bertz CT molecular complexity index is 194. The van der Waals surface area contributed by atoms with E-state index in [0.717, 1.165) is 32.7 Å². The molecule has 0 saturated heterocycles. The van der Waals surface area contributed by atoms with Crippen molar-refractivity contribution in [1.29, 1.82) is 0 Å². The maximum absolute atomic E-state index is 6.26. The van der Waals surface area contributed by atoms with Crippen molar-refractivity contribution in [3.8, 4) is 0 Å². The lowest BCUT2D eigenvalue weighted by molar-refractivity contribution is 0.193. The average Bonchev–Trinajstić information content (AvgIpc) is 2.31. The van der Waals surface area contributed by atoms with E-state index in [2.05, 4.69) is 51.3 Å². The van der Waals surface area contributed by atoms with Gasteiger partial charge in [-0.25, -0.2) is 0 Å². The van der Waals surface area contributed by atoms with Crippen LogP contribution in [-0.4, -0.2) is 55.1 Å². The lowest BCUT2D eigenvalue weighted by atomic mass is 9.87. The van der Waals surface area contributed by atoms with E-state index >= 15 is 0 Å². The molecule has 0 aromatic rings. The molecule has 0 aliphatic carbocycles. The third kappa shape index (κ3) is 7.34. The van der Waals surface area contributed by atoms with Gasteiger partial charge in [-0.15, -0.1) is 0 Å². The Kier molecular flexibility index (Phi) is 8.83. The van der Waals surface area contributed by atoms with Crippen LogP contribution in [0.5, 0.6) is 0 Å². The zero-order chi connectivity index (χ0) is 14.2. The second kappa shape index (κ2) is 8.89. The molecule has 0 aromatic carbocycles. The molecule has 0 saturated carbocycles. The molecule has 0 aromatic heterocycles. The molecule has 0 heterocycles. The molecule has 0 radical (unpaired) electrons. The standard InChI is InChI=1S/C15H35N3/c1-7-17(8-2)11-10-12-18(9-3)13-14(16)15(4,5)6/h14H,7-13,16H2,1-6H3. The average molecular weight is 257 g/mol. The summed E-state index contributed by atoms with van der Waals surface area (Å²) in [6.45, 7) is 20.2. The summed E-state index contributed by atoms with van der Waals surface area (Å²) < 4.78 is 0. The maximum atomic E-state index is 6.26. The highest BCUT2D eigenvalue weighted by molar-refractivity contribution is 4.80. The van der Waals surface area contributed by atoms with Crippen LogP contribution < -0.4 is 5.73 Å². The van der Waals surface area contributed by atoms with Crippen molar-refractivity contribution in [2.75, 3.05) is 39.3 Å². The van der Waals surface area contributed by atoms with E-state index in [4.69, 9.17) is 5.73 Å². The van der Waals surface area contributed by atoms with Gasteiger partial charge in [0.05, 0.1) is 0 Å². The minimum absolute atomic E-state index is 0.201. The summed E-state index contributed by atoms with van der Waals surface area (Å²) in [7, 11) is 0. The summed E-state index contributed by atoms with van der Waals surface area (Å²) >= 11 is 0. The van der Waals surface area contributed by atoms with Gasteiger partial charge in [-0.05, 0) is 44.6 Å². The number of nitrogens with two attached hydrogens (primary N) is 1. The van der Waals surface area contributed by atoms with Gasteiger partial charge >= 0.3 is 0 Å². The zero-order valence-electron chi connectivity index (χ0n) is 13.5. The molecule has 3 nitrogen and oxygen atoms in total. The van der Waals surface area contributed by atoms with Crippen molar-refractivity contribution < 1.29 is 0 Å². The first-order chi connectivity index (χ1) is 8.35. The lowest BCUT2D eigenvalue weighted by Crippen LogP contribution is -2.46. The van der Waals surface area contributed by atoms with Crippen molar-refractivity contribution in [3.05, 3.63) is 0 Å². The molecule has 1 unspecified atom stereocenters. The molecule has 0 aliphatic heterocycles. The van der Waals surface area contributed by atoms with Gasteiger partial charge in [0.2, 0.25) is 0 Å². The number of nitrogens with zero attached hydrogens (tertiary/aromatic N) is 2. The molecule has 0 spiro atoms. The summed E-state index contributed by atoms with van der Waals surface area (Å²) in [4.78, 5) is 4.97. The molecule has 0 fully saturated rings. The Morgan fingerprint density at radius 1 is 0.889 bits per heavy atom. The smallest absolute Gasteiger partial charge is 0.0217 e. The Hall–Kier alpha value is -0.120. The molecular formula is C15H35N3. The van der Waals surface area contributed by atoms with E-state index in [0.29, 0.717) is 0 Å². The Morgan fingerprint density at radius 3 is 1.72 bits per heavy atom. The summed E-state index contributed by atoms with van der Waals surface area (Å²) in [5, 5.41) is 0. The molecular weight excluding hydrogens is 222 g/mol. The summed E-state index contributed by atoms with van der Waals surface area (Å²) in [6, 6.07) is 0.255. The van der Waals surface area contributed by atoms with Crippen LogP contribution in [0.15, 0.2) is 0 Å². The van der Waals surface area contributed by atoms with Gasteiger partial charge in [0, 0.05) is 12.6 Å². The van der Waals surface area contributed by atoms with Crippen LogP contribution in [0.25, 0.3) is 0 Å². The fraction of sp³-hybridized carbons (Fsp3) is 1.00. The first-order valence-electron chi connectivity index (χ1n) is 7.55. The predicted molar refractivity (Wildman–Crippen MR) is 81.9 cm³/mol. The van der Waals surface area contributed by atoms with Crippen molar-refractivity contribution in [2.45, 2.75) is 54.0 Å². The van der Waals surface area contributed by atoms with Gasteiger partial charge in [0.15, 0.2) is 0 Å². The molecule has 110 valence electrons. The van der Waals surface area contributed by atoms with Gasteiger partial charge in [0.25, 0.3) is 0 Å². The van der Waals surface area contributed by atoms with Gasteiger partial charge in [0.1, 0.15) is 0 Å². The minimum atomic E-state index is 0.201. The zero-order valence-corrected chi connectivity index (χ0v) is 13.5. The van der Waals surface area contributed by atoms with Gasteiger partial charge in [-0.2, -0.15) is 0 Å². The molecule has 0 rings (SSSR count). The summed E-state index contributed by atoms with van der Waals surface area (Å²) in [6.07, 6.45) is 1.24. The maximum Gasteiger partial charge on any atom is 0.0217 e. The van der Waals surface area contributed by atoms with Crippen molar-refractivity contribution in [1.82, 2.24) is 9.80 Å². The lowest BCUT2D eigenvalue weighted by Gasteiger charge is -2.32. The number of likely N-dealkylation sites (N-methyl/N-ethyl adjacent to an activating group) is 1. The summed E-state index contributed by atoms with van der Waals surface area (Å²) in [5.74, 6) is 0. The molecule has 3 heteroatoms. The molecule has 2 N–H and O–H groups in total. The van der Waals surface area contributed by atoms with Crippen molar-refractivity contribution >= 4 is 0 Å². The van der Waals surface area contributed by atoms with E-state index in [-0.39, 0.29) is 11.5 Å². The first-order valence-corrected chi connectivity index (χ1v) is 7.55. The molecule has 0 bridgehead atoms. The first kappa shape index (κ1) is 17.9. The van der Waals surface area contributed by atoms with Crippen LogP contribution in [-0.2, 0) is 0 Å². The van der Waals surface area contributed by atoms with E-state index in [1.54, 1.807) is 0 Å². The highest BCUT2D eigenvalue weighted by atomic mass is 15.1. The summed E-state index contributed by atoms with van der Waals surface area (Å²) in [5.41, 5.74) is 6.46. The topological polar surface area (TPSA) is 32.5 Å². The van der Waals surface area contributed by atoms with Crippen LogP contribution in [0.3, 0.4) is 0 Å². The third-order valence-corrected chi connectivity index (χ3v) is 3.86. The number of hydrogen-bond acceptors (Lipinski definition) is 3. The van der Waals surface area contributed by atoms with E-state index in [1.165, 1.54) is 13.0 Å². The SMILES string of the molecule is CCN(CC)CCCN(CC)CC(N)C(C)(C)C. The quantitative estimate of drug-likeness (QED) is 0.688.